The third-order valence-electron chi connectivity index (χ3n) is 3.25. The van der Waals surface area contributed by atoms with Gasteiger partial charge in [0.2, 0.25) is 0 Å². The first-order chi connectivity index (χ1) is 9.29. The van der Waals surface area contributed by atoms with Crippen molar-refractivity contribution in [2.24, 2.45) is 5.73 Å². The monoisotopic (exact) mass is 259 g/mol. The minimum Gasteiger partial charge on any atom is -0.490 e. The molecule has 19 heavy (non-hydrogen) atoms. The van der Waals surface area contributed by atoms with E-state index in [1.54, 1.807) is 0 Å². The SMILES string of the molecule is Cc1[nH]nc(CN)c1-c1ccc2c(c1)OCCCO2. The molecule has 0 aliphatic carbocycles. The number of fused-ring (bicyclic) bond motifs is 1. The Morgan fingerprint density at radius 3 is 2.84 bits per heavy atom. The molecule has 0 fully saturated rings. The minimum absolute atomic E-state index is 0.411. The normalized spacial score (nSPS) is 14.2. The molecular weight excluding hydrogens is 242 g/mol. The summed E-state index contributed by atoms with van der Waals surface area (Å²) in [4.78, 5) is 0. The molecule has 0 saturated heterocycles. The fourth-order valence-electron chi connectivity index (χ4n) is 2.33. The molecule has 3 N–H and O–H groups in total. The average Bonchev–Trinajstić information content (AvgIpc) is 2.66. The maximum absolute atomic E-state index is 5.73. The van der Waals surface area contributed by atoms with Gasteiger partial charge in [-0.05, 0) is 24.6 Å². The predicted octanol–water partition coefficient (Wildman–Crippen LogP) is 2.01. The van der Waals surface area contributed by atoms with Crippen molar-refractivity contribution >= 4 is 0 Å². The van der Waals surface area contributed by atoms with Crippen LogP contribution in [0.2, 0.25) is 0 Å². The molecule has 3 rings (SSSR count). The first-order valence-corrected chi connectivity index (χ1v) is 6.43. The number of H-pyrrole nitrogens is 1. The van der Waals surface area contributed by atoms with Crippen LogP contribution in [0, 0.1) is 6.92 Å². The molecule has 2 heterocycles. The van der Waals surface area contributed by atoms with E-state index < -0.39 is 0 Å². The van der Waals surface area contributed by atoms with Crippen molar-refractivity contribution < 1.29 is 9.47 Å². The van der Waals surface area contributed by atoms with E-state index in [2.05, 4.69) is 10.2 Å². The molecule has 5 heteroatoms. The number of aromatic nitrogens is 2. The third-order valence-corrected chi connectivity index (χ3v) is 3.25. The van der Waals surface area contributed by atoms with Crippen molar-refractivity contribution in [3.63, 3.8) is 0 Å². The predicted molar refractivity (Wildman–Crippen MR) is 72.3 cm³/mol. The second-order valence-electron chi connectivity index (χ2n) is 4.59. The van der Waals surface area contributed by atoms with Crippen LogP contribution in [0.5, 0.6) is 11.5 Å². The maximum Gasteiger partial charge on any atom is 0.161 e. The molecule has 0 atom stereocenters. The molecule has 0 spiro atoms. The van der Waals surface area contributed by atoms with Gasteiger partial charge in [-0.3, -0.25) is 5.10 Å². The van der Waals surface area contributed by atoms with E-state index in [1.807, 2.05) is 25.1 Å². The van der Waals surface area contributed by atoms with E-state index in [-0.39, 0.29) is 0 Å². The first kappa shape index (κ1) is 12.0. The smallest absolute Gasteiger partial charge is 0.161 e. The van der Waals surface area contributed by atoms with Gasteiger partial charge in [0, 0.05) is 24.2 Å². The third kappa shape index (κ3) is 2.17. The highest BCUT2D eigenvalue weighted by atomic mass is 16.5. The molecule has 1 aromatic heterocycles. The Hall–Kier alpha value is -2.01. The molecule has 2 aromatic rings. The number of nitrogens with two attached hydrogens (primary N) is 1. The summed E-state index contributed by atoms with van der Waals surface area (Å²) in [6.07, 6.45) is 0.906. The number of hydrogen-bond donors (Lipinski definition) is 2. The lowest BCUT2D eigenvalue weighted by Gasteiger charge is -2.10. The highest BCUT2D eigenvalue weighted by Crippen LogP contribution is 2.35. The van der Waals surface area contributed by atoms with Gasteiger partial charge in [0.05, 0.1) is 18.9 Å². The molecule has 1 aromatic carbocycles. The topological polar surface area (TPSA) is 73.2 Å². The second kappa shape index (κ2) is 4.93. The highest BCUT2D eigenvalue weighted by molar-refractivity contribution is 5.71. The summed E-state index contributed by atoms with van der Waals surface area (Å²) < 4.78 is 11.3. The summed E-state index contributed by atoms with van der Waals surface area (Å²) in [6, 6.07) is 5.96. The molecule has 0 amide bonds. The van der Waals surface area contributed by atoms with Gasteiger partial charge in [-0.1, -0.05) is 6.07 Å². The number of rotatable bonds is 2. The van der Waals surface area contributed by atoms with Gasteiger partial charge in [-0.15, -0.1) is 0 Å². The van der Waals surface area contributed by atoms with E-state index in [1.165, 1.54) is 0 Å². The van der Waals surface area contributed by atoms with Gasteiger partial charge in [0.15, 0.2) is 11.5 Å². The molecule has 0 bridgehead atoms. The second-order valence-corrected chi connectivity index (χ2v) is 4.59. The number of nitrogens with zero attached hydrogens (tertiary/aromatic N) is 1. The summed E-state index contributed by atoms with van der Waals surface area (Å²) in [5.41, 5.74) is 9.71. The van der Waals surface area contributed by atoms with Crippen LogP contribution < -0.4 is 15.2 Å². The van der Waals surface area contributed by atoms with Crippen molar-refractivity contribution in [2.45, 2.75) is 19.9 Å². The van der Waals surface area contributed by atoms with E-state index in [0.717, 1.165) is 40.4 Å². The lowest BCUT2D eigenvalue weighted by Crippen LogP contribution is -1.99. The van der Waals surface area contributed by atoms with Crippen LogP contribution in [0.3, 0.4) is 0 Å². The molecule has 0 unspecified atom stereocenters. The Labute approximate surface area is 111 Å². The summed E-state index contributed by atoms with van der Waals surface area (Å²) >= 11 is 0. The highest BCUT2D eigenvalue weighted by Gasteiger charge is 2.15. The van der Waals surface area contributed by atoms with Crippen molar-refractivity contribution in [3.8, 4) is 22.6 Å². The molecule has 5 nitrogen and oxygen atoms in total. The van der Waals surface area contributed by atoms with Crippen LogP contribution in [0.25, 0.3) is 11.1 Å². The molecule has 100 valence electrons. The molecule has 1 aliphatic heterocycles. The van der Waals surface area contributed by atoms with Crippen LogP contribution in [0.4, 0.5) is 0 Å². The first-order valence-electron chi connectivity index (χ1n) is 6.43. The van der Waals surface area contributed by atoms with Crippen molar-refractivity contribution in [1.82, 2.24) is 10.2 Å². The van der Waals surface area contributed by atoms with Gasteiger partial charge in [-0.2, -0.15) is 5.10 Å². The summed E-state index contributed by atoms with van der Waals surface area (Å²) in [7, 11) is 0. The lowest BCUT2D eigenvalue weighted by atomic mass is 10.0. The molecule has 1 aliphatic rings. The number of ether oxygens (including phenoxy) is 2. The summed E-state index contributed by atoms with van der Waals surface area (Å²) in [6.45, 7) is 3.79. The van der Waals surface area contributed by atoms with Gasteiger partial charge in [-0.25, -0.2) is 0 Å². The zero-order valence-corrected chi connectivity index (χ0v) is 10.9. The molecular formula is C14H17N3O2. The summed E-state index contributed by atoms with van der Waals surface area (Å²) in [5, 5.41) is 7.20. The van der Waals surface area contributed by atoms with Gasteiger partial charge in [0.25, 0.3) is 0 Å². The Bertz CT molecular complexity index is 592. The Balaban J connectivity index is 2.06. The molecule has 0 saturated carbocycles. The average molecular weight is 259 g/mol. The van der Waals surface area contributed by atoms with Gasteiger partial charge < -0.3 is 15.2 Å². The Morgan fingerprint density at radius 2 is 2.05 bits per heavy atom. The fraction of sp³-hybridized carbons (Fsp3) is 0.357. The number of aryl methyl sites for hydroxylation is 1. The largest absolute Gasteiger partial charge is 0.490 e. The lowest BCUT2D eigenvalue weighted by molar-refractivity contribution is 0.297. The zero-order valence-electron chi connectivity index (χ0n) is 10.9. The number of nitrogens with one attached hydrogen (secondary N) is 1. The minimum atomic E-state index is 0.411. The zero-order chi connectivity index (χ0) is 13.2. The van der Waals surface area contributed by atoms with Crippen LogP contribution in [-0.4, -0.2) is 23.4 Å². The summed E-state index contributed by atoms with van der Waals surface area (Å²) in [5.74, 6) is 1.59. The van der Waals surface area contributed by atoms with E-state index >= 15 is 0 Å². The number of hydrogen-bond acceptors (Lipinski definition) is 4. The molecule has 0 radical (unpaired) electrons. The van der Waals surface area contributed by atoms with Crippen molar-refractivity contribution in [2.75, 3.05) is 13.2 Å². The van der Waals surface area contributed by atoms with Crippen LogP contribution in [-0.2, 0) is 6.54 Å². The quantitative estimate of drug-likeness (QED) is 0.865. The van der Waals surface area contributed by atoms with E-state index in [0.29, 0.717) is 19.8 Å². The maximum atomic E-state index is 5.73. The standard InChI is InChI=1S/C14H17N3O2/c1-9-14(11(8-15)17-16-9)10-3-4-12-13(7-10)19-6-2-5-18-12/h3-4,7H,2,5-6,8,15H2,1H3,(H,16,17). The van der Waals surface area contributed by atoms with E-state index in [4.69, 9.17) is 15.2 Å². The van der Waals surface area contributed by atoms with Crippen LogP contribution >= 0.6 is 0 Å². The number of benzene rings is 1. The van der Waals surface area contributed by atoms with E-state index in [9.17, 15) is 0 Å². The van der Waals surface area contributed by atoms with Gasteiger partial charge >= 0.3 is 0 Å². The van der Waals surface area contributed by atoms with Crippen LogP contribution in [0.15, 0.2) is 18.2 Å². The Morgan fingerprint density at radius 1 is 1.26 bits per heavy atom. The van der Waals surface area contributed by atoms with Crippen molar-refractivity contribution in [1.29, 1.82) is 0 Å². The van der Waals surface area contributed by atoms with Gasteiger partial charge in [0.1, 0.15) is 0 Å². The number of aromatic amines is 1. The van der Waals surface area contributed by atoms with Crippen molar-refractivity contribution in [3.05, 3.63) is 29.6 Å². The fourth-order valence-corrected chi connectivity index (χ4v) is 2.33. The Kier molecular flexibility index (Phi) is 3.13. The van der Waals surface area contributed by atoms with Crippen LogP contribution in [0.1, 0.15) is 17.8 Å².